The fourth-order valence-electron chi connectivity index (χ4n) is 3.35. The minimum absolute atomic E-state index is 0.0139. The average Bonchev–Trinajstić information content (AvgIpc) is 2.77. The zero-order chi connectivity index (χ0) is 20.6. The topological polar surface area (TPSA) is 78.5 Å². The largest absolute Gasteiger partial charge is 0.354 e. The molecule has 0 radical (unpaired) electrons. The van der Waals surface area contributed by atoms with Crippen LogP contribution in [-0.2, 0) is 4.79 Å². The van der Waals surface area contributed by atoms with Crippen LogP contribution in [0.4, 0.5) is 0 Å². The number of carbonyl (C=O) groups excluding carboxylic acids is 3. The van der Waals surface area contributed by atoms with Crippen molar-refractivity contribution >= 4 is 33.7 Å². The number of carbonyl (C=O) groups is 3. The van der Waals surface area contributed by atoms with Crippen LogP contribution in [0.25, 0.3) is 0 Å². The molecule has 3 rings (SSSR count). The first-order valence-electron chi connectivity index (χ1n) is 9.71. The summed E-state index contributed by atoms with van der Waals surface area (Å²) in [6, 6.07) is 16.3. The van der Waals surface area contributed by atoms with Crippen molar-refractivity contribution in [2.75, 3.05) is 26.2 Å². The van der Waals surface area contributed by atoms with Crippen molar-refractivity contribution in [2.24, 2.45) is 5.92 Å². The Hall–Kier alpha value is -2.67. The molecule has 1 fully saturated rings. The molecular formula is C22H24BrN3O3. The zero-order valence-corrected chi connectivity index (χ0v) is 17.7. The molecule has 0 atom stereocenters. The second kappa shape index (κ2) is 10.2. The van der Waals surface area contributed by atoms with Crippen molar-refractivity contribution in [1.29, 1.82) is 0 Å². The van der Waals surface area contributed by atoms with E-state index in [0.717, 1.165) is 4.47 Å². The van der Waals surface area contributed by atoms with E-state index < -0.39 is 0 Å². The Labute approximate surface area is 178 Å². The van der Waals surface area contributed by atoms with Crippen molar-refractivity contribution in [3.05, 3.63) is 70.2 Å². The smallest absolute Gasteiger partial charge is 0.254 e. The quantitative estimate of drug-likeness (QED) is 0.654. The summed E-state index contributed by atoms with van der Waals surface area (Å²) >= 11 is 3.42. The van der Waals surface area contributed by atoms with E-state index >= 15 is 0 Å². The molecule has 2 aromatic carbocycles. The van der Waals surface area contributed by atoms with Gasteiger partial charge >= 0.3 is 0 Å². The average molecular weight is 458 g/mol. The molecule has 7 heteroatoms. The van der Waals surface area contributed by atoms with Gasteiger partial charge in [0.25, 0.3) is 11.8 Å². The normalized spacial score (nSPS) is 14.3. The van der Waals surface area contributed by atoms with Crippen molar-refractivity contribution < 1.29 is 14.4 Å². The monoisotopic (exact) mass is 457 g/mol. The third-order valence-corrected chi connectivity index (χ3v) is 5.69. The molecule has 152 valence electrons. The lowest BCUT2D eigenvalue weighted by atomic mass is 9.95. The molecule has 0 bridgehead atoms. The number of nitrogens with zero attached hydrogens (tertiary/aromatic N) is 1. The number of likely N-dealkylation sites (tertiary alicyclic amines) is 1. The van der Waals surface area contributed by atoms with Crippen molar-refractivity contribution in [3.8, 4) is 0 Å². The maximum absolute atomic E-state index is 12.6. The van der Waals surface area contributed by atoms with Crippen LogP contribution in [0.5, 0.6) is 0 Å². The Morgan fingerprint density at radius 2 is 1.52 bits per heavy atom. The minimum atomic E-state index is -0.154. The number of hydrogen-bond acceptors (Lipinski definition) is 3. The van der Waals surface area contributed by atoms with Gasteiger partial charge in [-0.2, -0.15) is 0 Å². The molecule has 0 aromatic heterocycles. The molecule has 1 heterocycles. The van der Waals surface area contributed by atoms with Crippen molar-refractivity contribution in [1.82, 2.24) is 15.5 Å². The fourth-order valence-corrected chi connectivity index (χ4v) is 3.80. The predicted octanol–water partition coefficient (Wildman–Crippen LogP) is 2.85. The fraction of sp³-hybridized carbons (Fsp3) is 0.318. The highest BCUT2D eigenvalue weighted by molar-refractivity contribution is 9.10. The Bertz CT molecular complexity index is 865. The number of halogens is 1. The van der Waals surface area contributed by atoms with Crippen LogP contribution in [-0.4, -0.2) is 48.8 Å². The molecule has 2 aromatic rings. The van der Waals surface area contributed by atoms with Gasteiger partial charge in [0.2, 0.25) is 5.91 Å². The number of nitrogens with one attached hydrogen (secondary N) is 2. The second-order valence-corrected chi connectivity index (χ2v) is 7.81. The van der Waals surface area contributed by atoms with E-state index in [1.54, 1.807) is 23.1 Å². The van der Waals surface area contributed by atoms with Gasteiger partial charge in [0.05, 0.1) is 5.56 Å². The number of hydrogen-bond donors (Lipinski definition) is 2. The summed E-state index contributed by atoms with van der Waals surface area (Å²) in [6.07, 6.45) is 1.27. The Morgan fingerprint density at radius 3 is 2.21 bits per heavy atom. The molecule has 1 saturated heterocycles. The van der Waals surface area contributed by atoms with Crippen LogP contribution in [0.2, 0.25) is 0 Å². The molecular weight excluding hydrogens is 434 g/mol. The third kappa shape index (κ3) is 5.67. The highest BCUT2D eigenvalue weighted by Gasteiger charge is 2.28. The van der Waals surface area contributed by atoms with Crippen LogP contribution in [0, 0.1) is 5.92 Å². The van der Waals surface area contributed by atoms with Gasteiger partial charge < -0.3 is 15.5 Å². The summed E-state index contributed by atoms with van der Waals surface area (Å²) < 4.78 is 0.780. The zero-order valence-electron chi connectivity index (χ0n) is 16.1. The van der Waals surface area contributed by atoms with Gasteiger partial charge in [0.15, 0.2) is 0 Å². The van der Waals surface area contributed by atoms with Crippen LogP contribution >= 0.6 is 15.9 Å². The van der Waals surface area contributed by atoms with Gasteiger partial charge in [-0.15, -0.1) is 0 Å². The van der Waals surface area contributed by atoms with Crippen molar-refractivity contribution in [3.63, 3.8) is 0 Å². The maximum Gasteiger partial charge on any atom is 0.254 e. The van der Waals surface area contributed by atoms with E-state index in [1.165, 1.54) is 0 Å². The van der Waals surface area contributed by atoms with E-state index in [1.807, 2.05) is 36.4 Å². The van der Waals surface area contributed by atoms with Crippen LogP contribution in [0.1, 0.15) is 33.6 Å². The lowest BCUT2D eigenvalue weighted by Crippen LogP contribution is -2.44. The first-order valence-corrected chi connectivity index (χ1v) is 10.5. The molecule has 0 aliphatic carbocycles. The Kier molecular flexibility index (Phi) is 7.41. The van der Waals surface area contributed by atoms with E-state index in [-0.39, 0.29) is 23.6 Å². The standard InChI is InChI=1S/C22H24BrN3O3/c23-19-9-5-4-8-18(19)22(29)26-14-10-17(11-15-26)21(28)25-13-12-24-20(27)16-6-2-1-3-7-16/h1-9,17H,10-15H2,(H,24,27)(H,25,28). The lowest BCUT2D eigenvalue weighted by Gasteiger charge is -2.31. The van der Waals surface area contributed by atoms with Gasteiger partial charge in [-0.1, -0.05) is 30.3 Å². The summed E-state index contributed by atoms with van der Waals surface area (Å²) in [4.78, 5) is 38.8. The number of amides is 3. The lowest BCUT2D eigenvalue weighted by molar-refractivity contribution is -0.126. The van der Waals surface area contributed by atoms with Crippen molar-refractivity contribution in [2.45, 2.75) is 12.8 Å². The molecule has 1 aliphatic heterocycles. The van der Waals surface area contributed by atoms with Gasteiger partial charge in [-0.3, -0.25) is 14.4 Å². The van der Waals surface area contributed by atoms with Crippen LogP contribution in [0.3, 0.4) is 0 Å². The maximum atomic E-state index is 12.6. The summed E-state index contributed by atoms with van der Waals surface area (Å²) in [5.74, 6) is -0.297. The first-order chi connectivity index (χ1) is 14.1. The summed E-state index contributed by atoms with van der Waals surface area (Å²) in [5, 5.41) is 5.67. The summed E-state index contributed by atoms with van der Waals surface area (Å²) in [7, 11) is 0. The molecule has 1 aliphatic rings. The Balaban J connectivity index is 1.38. The van der Waals surface area contributed by atoms with Gasteiger partial charge in [0, 0.05) is 42.1 Å². The van der Waals surface area contributed by atoms with Crippen LogP contribution in [0.15, 0.2) is 59.1 Å². The van der Waals surface area contributed by atoms with Gasteiger partial charge in [-0.25, -0.2) is 0 Å². The highest BCUT2D eigenvalue weighted by Crippen LogP contribution is 2.22. The molecule has 0 saturated carbocycles. The predicted molar refractivity (Wildman–Crippen MR) is 115 cm³/mol. The summed E-state index contributed by atoms with van der Waals surface area (Å²) in [6.45, 7) is 1.87. The summed E-state index contributed by atoms with van der Waals surface area (Å²) in [5.41, 5.74) is 1.24. The van der Waals surface area contributed by atoms with E-state index in [4.69, 9.17) is 0 Å². The van der Waals surface area contributed by atoms with Gasteiger partial charge in [-0.05, 0) is 53.0 Å². The van der Waals surface area contributed by atoms with E-state index in [9.17, 15) is 14.4 Å². The highest BCUT2D eigenvalue weighted by atomic mass is 79.9. The number of piperidine rings is 1. The molecule has 0 unspecified atom stereocenters. The van der Waals surface area contributed by atoms with E-state index in [2.05, 4.69) is 26.6 Å². The van der Waals surface area contributed by atoms with Gasteiger partial charge in [0.1, 0.15) is 0 Å². The molecule has 3 amide bonds. The third-order valence-electron chi connectivity index (χ3n) is 5.00. The molecule has 29 heavy (non-hydrogen) atoms. The molecule has 2 N–H and O–H groups in total. The second-order valence-electron chi connectivity index (χ2n) is 6.96. The number of benzene rings is 2. The number of rotatable bonds is 6. The van der Waals surface area contributed by atoms with Crippen LogP contribution < -0.4 is 10.6 Å². The first kappa shape index (κ1) is 21.0. The molecule has 6 nitrogen and oxygen atoms in total. The Morgan fingerprint density at radius 1 is 0.897 bits per heavy atom. The van der Waals surface area contributed by atoms with E-state index in [0.29, 0.717) is 50.1 Å². The SMILES string of the molecule is O=C(NCCNC(=O)C1CCN(C(=O)c2ccccc2Br)CC1)c1ccccc1. The molecule has 0 spiro atoms. The minimum Gasteiger partial charge on any atom is -0.354 e.